The molecular weight excluding hydrogens is 202 g/mol. The van der Waals surface area contributed by atoms with Crippen molar-refractivity contribution in [3.8, 4) is 0 Å². The summed E-state index contributed by atoms with van der Waals surface area (Å²) >= 11 is 5.64. The lowest BCUT2D eigenvalue weighted by Crippen LogP contribution is -2.14. The van der Waals surface area contributed by atoms with E-state index in [9.17, 15) is 4.79 Å². The van der Waals surface area contributed by atoms with Gasteiger partial charge in [0.1, 0.15) is 5.15 Å². The average Bonchev–Trinajstić information content (AvgIpc) is 2.87. The average molecular weight is 212 g/mol. The van der Waals surface area contributed by atoms with Crippen LogP contribution in [0.15, 0.2) is 12.3 Å². The van der Waals surface area contributed by atoms with Gasteiger partial charge in [-0.3, -0.25) is 10.1 Å². The minimum atomic E-state index is -0.0326. The molecule has 1 fully saturated rings. The first-order valence-corrected chi connectivity index (χ1v) is 4.90. The molecule has 1 N–H and O–H groups in total. The third kappa shape index (κ3) is 2.67. The molecule has 0 bridgehead atoms. The molecule has 4 nitrogen and oxygen atoms in total. The highest BCUT2D eigenvalue weighted by molar-refractivity contribution is 6.29. The standard InChI is InChI=1S/C9H10ClN3O/c10-7-3-4-11-9(12-7)13-8(14)5-6-1-2-6/h3-4,6H,1-2,5H2,(H,11,12,13,14). The zero-order valence-corrected chi connectivity index (χ0v) is 8.29. The Kier molecular flexibility index (Phi) is 2.63. The molecule has 1 heterocycles. The zero-order chi connectivity index (χ0) is 9.97. The Morgan fingerprint density at radius 2 is 2.43 bits per heavy atom. The molecule has 14 heavy (non-hydrogen) atoms. The molecule has 74 valence electrons. The van der Waals surface area contributed by atoms with Crippen molar-refractivity contribution in [3.63, 3.8) is 0 Å². The summed E-state index contributed by atoms with van der Waals surface area (Å²) in [6.07, 6.45) is 4.39. The molecule has 0 spiro atoms. The molecule has 0 unspecified atom stereocenters. The van der Waals surface area contributed by atoms with E-state index in [1.165, 1.54) is 6.20 Å². The van der Waals surface area contributed by atoms with Crippen LogP contribution in [0.25, 0.3) is 0 Å². The minimum Gasteiger partial charge on any atom is -0.294 e. The third-order valence-electron chi connectivity index (χ3n) is 2.04. The first kappa shape index (κ1) is 9.40. The summed E-state index contributed by atoms with van der Waals surface area (Å²) in [5, 5.41) is 2.94. The van der Waals surface area contributed by atoms with Gasteiger partial charge in [-0.25, -0.2) is 9.97 Å². The lowest BCUT2D eigenvalue weighted by molar-refractivity contribution is -0.116. The number of nitrogens with one attached hydrogen (secondary N) is 1. The van der Waals surface area contributed by atoms with Gasteiger partial charge in [0.25, 0.3) is 0 Å². The summed E-state index contributed by atoms with van der Waals surface area (Å²) in [4.78, 5) is 19.1. The van der Waals surface area contributed by atoms with E-state index in [-0.39, 0.29) is 11.9 Å². The van der Waals surface area contributed by atoms with E-state index in [1.807, 2.05) is 0 Å². The van der Waals surface area contributed by atoms with Crippen LogP contribution in [0.2, 0.25) is 5.15 Å². The summed E-state index contributed by atoms with van der Waals surface area (Å²) in [5.41, 5.74) is 0. The number of nitrogens with zero attached hydrogens (tertiary/aromatic N) is 2. The van der Waals surface area contributed by atoms with Gasteiger partial charge in [0, 0.05) is 12.6 Å². The molecule has 0 atom stereocenters. The Labute approximate surface area is 86.7 Å². The second-order valence-electron chi connectivity index (χ2n) is 3.40. The number of halogens is 1. The summed E-state index contributed by atoms with van der Waals surface area (Å²) in [5.74, 6) is 0.812. The maximum Gasteiger partial charge on any atom is 0.230 e. The third-order valence-corrected chi connectivity index (χ3v) is 2.25. The van der Waals surface area contributed by atoms with Gasteiger partial charge >= 0.3 is 0 Å². The predicted molar refractivity (Wildman–Crippen MR) is 53.0 cm³/mol. The Morgan fingerprint density at radius 1 is 1.64 bits per heavy atom. The first-order valence-electron chi connectivity index (χ1n) is 4.52. The monoisotopic (exact) mass is 211 g/mol. The molecule has 0 radical (unpaired) electrons. The fourth-order valence-corrected chi connectivity index (χ4v) is 1.29. The number of carbonyl (C=O) groups excluding carboxylic acids is 1. The van der Waals surface area contributed by atoms with Gasteiger partial charge in [0.15, 0.2) is 0 Å². The van der Waals surface area contributed by atoms with E-state index in [4.69, 9.17) is 11.6 Å². The summed E-state index contributed by atoms with van der Waals surface area (Å²) < 4.78 is 0. The first-order chi connectivity index (χ1) is 6.74. The Hall–Kier alpha value is -1.16. The number of rotatable bonds is 3. The van der Waals surface area contributed by atoms with Crippen molar-refractivity contribution in [1.82, 2.24) is 9.97 Å². The molecule has 0 saturated heterocycles. The quantitative estimate of drug-likeness (QED) is 0.777. The normalized spacial score (nSPS) is 15.2. The molecule has 5 heteroatoms. The van der Waals surface area contributed by atoms with Crippen molar-refractivity contribution in [2.24, 2.45) is 5.92 Å². The molecule has 1 amide bonds. The molecule has 1 aliphatic carbocycles. The van der Waals surface area contributed by atoms with Crippen LogP contribution in [0.5, 0.6) is 0 Å². The van der Waals surface area contributed by atoms with Crippen LogP contribution in [0.3, 0.4) is 0 Å². The zero-order valence-electron chi connectivity index (χ0n) is 7.53. The van der Waals surface area contributed by atoms with Crippen LogP contribution < -0.4 is 5.32 Å². The van der Waals surface area contributed by atoms with Crippen LogP contribution in [0.1, 0.15) is 19.3 Å². The molecule has 2 rings (SSSR count). The fourth-order valence-electron chi connectivity index (χ4n) is 1.16. The van der Waals surface area contributed by atoms with Crippen molar-refractivity contribution in [1.29, 1.82) is 0 Å². The second kappa shape index (κ2) is 3.92. The Bertz CT molecular complexity index is 352. The van der Waals surface area contributed by atoms with Crippen molar-refractivity contribution in [2.75, 3.05) is 5.32 Å². The molecule has 1 aromatic rings. The number of aromatic nitrogens is 2. The smallest absolute Gasteiger partial charge is 0.230 e. The van der Waals surface area contributed by atoms with Crippen LogP contribution in [0.4, 0.5) is 5.95 Å². The highest BCUT2D eigenvalue weighted by atomic mass is 35.5. The summed E-state index contributed by atoms with van der Waals surface area (Å²) in [7, 11) is 0. The van der Waals surface area contributed by atoms with E-state index < -0.39 is 0 Å². The van der Waals surface area contributed by atoms with E-state index in [0.29, 0.717) is 17.5 Å². The molecule has 1 aliphatic rings. The highest BCUT2D eigenvalue weighted by Crippen LogP contribution is 2.32. The second-order valence-corrected chi connectivity index (χ2v) is 3.79. The molecular formula is C9H10ClN3O. The van der Waals surface area contributed by atoms with E-state index in [1.54, 1.807) is 6.07 Å². The lowest BCUT2D eigenvalue weighted by Gasteiger charge is -2.01. The minimum absolute atomic E-state index is 0.0326. The lowest BCUT2D eigenvalue weighted by atomic mass is 10.3. The Morgan fingerprint density at radius 3 is 3.07 bits per heavy atom. The van der Waals surface area contributed by atoms with Gasteiger partial charge in [-0.2, -0.15) is 0 Å². The van der Waals surface area contributed by atoms with Crippen LogP contribution in [-0.2, 0) is 4.79 Å². The Balaban J connectivity index is 1.92. The van der Waals surface area contributed by atoms with E-state index in [0.717, 1.165) is 12.8 Å². The number of anilines is 1. The van der Waals surface area contributed by atoms with E-state index >= 15 is 0 Å². The topological polar surface area (TPSA) is 54.9 Å². The SMILES string of the molecule is O=C(CC1CC1)Nc1nccc(Cl)n1. The van der Waals surface area contributed by atoms with Gasteiger partial charge < -0.3 is 0 Å². The number of carbonyl (C=O) groups is 1. The van der Waals surface area contributed by atoms with Crippen molar-refractivity contribution >= 4 is 23.5 Å². The van der Waals surface area contributed by atoms with Crippen molar-refractivity contribution in [3.05, 3.63) is 17.4 Å². The number of hydrogen-bond donors (Lipinski definition) is 1. The summed E-state index contributed by atoms with van der Waals surface area (Å²) in [6, 6.07) is 1.57. The molecule has 1 saturated carbocycles. The predicted octanol–water partition coefficient (Wildman–Crippen LogP) is 1.87. The maximum atomic E-state index is 11.3. The van der Waals surface area contributed by atoms with Crippen LogP contribution >= 0.6 is 11.6 Å². The van der Waals surface area contributed by atoms with Gasteiger partial charge in [0.2, 0.25) is 11.9 Å². The van der Waals surface area contributed by atoms with Gasteiger partial charge in [-0.05, 0) is 24.8 Å². The number of amides is 1. The van der Waals surface area contributed by atoms with Crippen LogP contribution in [0, 0.1) is 5.92 Å². The summed E-state index contributed by atoms with van der Waals surface area (Å²) in [6.45, 7) is 0. The van der Waals surface area contributed by atoms with Crippen molar-refractivity contribution in [2.45, 2.75) is 19.3 Å². The van der Waals surface area contributed by atoms with Gasteiger partial charge in [-0.1, -0.05) is 11.6 Å². The van der Waals surface area contributed by atoms with Gasteiger partial charge in [0.05, 0.1) is 0 Å². The highest BCUT2D eigenvalue weighted by Gasteiger charge is 2.24. The molecule has 0 aromatic carbocycles. The van der Waals surface area contributed by atoms with Gasteiger partial charge in [-0.15, -0.1) is 0 Å². The molecule has 1 aromatic heterocycles. The maximum absolute atomic E-state index is 11.3. The largest absolute Gasteiger partial charge is 0.294 e. The molecule has 0 aliphatic heterocycles. The van der Waals surface area contributed by atoms with Crippen molar-refractivity contribution < 1.29 is 4.79 Å². The fraction of sp³-hybridized carbons (Fsp3) is 0.444. The number of hydrogen-bond acceptors (Lipinski definition) is 3. The van der Waals surface area contributed by atoms with E-state index in [2.05, 4.69) is 15.3 Å². The van der Waals surface area contributed by atoms with Crippen LogP contribution in [-0.4, -0.2) is 15.9 Å².